The first-order valence-electron chi connectivity index (χ1n) is 5.40. The molecule has 0 aliphatic carbocycles. The number of nitrogens with zero attached hydrogens (tertiary/aromatic N) is 1. The van der Waals surface area contributed by atoms with Crippen molar-refractivity contribution < 1.29 is 9.66 Å². The summed E-state index contributed by atoms with van der Waals surface area (Å²) < 4.78 is 5.76. The normalized spacial score (nSPS) is 10.2. The van der Waals surface area contributed by atoms with Gasteiger partial charge in [0.1, 0.15) is 5.75 Å². The number of ether oxygens (including phenoxy) is 1. The van der Waals surface area contributed by atoms with Gasteiger partial charge in [0.15, 0.2) is 0 Å². The molecule has 0 amide bonds. The lowest BCUT2D eigenvalue weighted by Crippen LogP contribution is -1.99. The minimum Gasteiger partial charge on any atom is -0.496 e. The molecular formula is C12H11ClN2O3S. The Bertz CT molecular complexity index is 600. The molecule has 0 aliphatic rings. The van der Waals surface area contributed by atoms with E-state index in [2.05, 4.69) is 5.32 Å². The van der Waals surface area contributed by atoms with E-state index in [-0.39, 0.29) is 5.69 Å². The molecule has 1 aromatic carbocycles. The number of benzene rings is 1. The van der Waals surface area contributed by atoms with Gasteiger partial charge in [-0.05, 0) is 12.1 Å². The molecule has 0 unspecified atom stereocenters. The molecule has 0 fully saturated rings. The Hall–Kier alpha value is -1.79. The number of hydrogen-bond donors (Lipinski definition) is 1. The zero-order chi connectivity index (χ0) is 13.8. The lowest BCUT2D eigenvalue weighted by Gasteiger charge is -2.07. The molecule has 5 nitrogen and oxygen atoms in total. The van der Waals surface area contributed by atoms with Crippen LogP contribution in [0.1, 0.15) is 4.88 Å². The van der Waals surface area contributed by atoms with Gasteiger partial charge in [0, 0.05) is 29.2 Å². The van der Waals surface area contributed by atoms with Crippen molar-refractivity contribution in [1.29, 1.82) is 0 Å². The second-order valence-electron chi connectivity index (χ2n) is 3.74. The van der Waals surface area contributed by atoms with Gasteiger partial charge in [-0.2, -0.15) is 0 Å². The van der Waals surface area contributed by atoms with Gasteiger partial charge in [0.2, 0.25) is 0 Å². The summed E-state index contributed by atoms with van der Waals surface area (Å²) in [7, 11) is 1.47. The van der Waals surface area contributed by atoms with Crippen molar-refractivity contribution in [3.05, 3.63) is 49.7 Å². The van der Waals surface area contributed by atoms with Crippen molar-refractivity contribution in [3.63, 3.8) is 0 Å². The van der Waals surface area contributed by atoms with Gasteiger partial charge >= 0.3 is 0 Å². The average Bonchev–Trinajstić information content (AvgIpc) is 2.81. The van der Waals surface area contributed by atoms with Gasteiger partial charge in [-0.3, -0.25) is 10.1 Å². The molecule has 2 rings (SSSR count). The monoisotopic (exact) mass is 298 g/mol. The number of methoxy groups -OCH3 is 1. The van der Waals surface area contributed by atoms with Crippen molar-refractivity contribution in [1.82, 2.24) is 0 Å². The predicted octanol–water partition coefficient (Wildman–Crippen LogP) is 3.93. The van der Waals surface area contributed by atoms with Crippen molar-refractivity contribution in [2.75, 3.05) is 12.4 Å². The molecule has 0 saturated carbocycles. The van der Waals surface area contributed by atoms with Crippen LogP contribution >= 0.6 is 22.9 Å². The van der Waals surface area contributed by atoms with Crippen LogP contribution < -0.4 is 10.1 Å². The summed E-state index contributed by atoms with van der Waals surface area (Å²) in [6.07, 6.45) is 0. The van der Waals surface area contributed by atoms with Crippen LogP contribution in [0.5, 0.6) is 5.75 Å². The summed E-state index contributed by atoms with van der Waals surface area (Å²) >= 11 is 7.30. The first-order valence-corrected chi connectivity index (χ1v) is 6.59. The van der Waals surface area contributed by atoms with Crippen LogP contribution in [0.4, 0.5) is 11.4 Å². The van der Waals surface area contributed by atoms with E-state index >= 15 is 0 Å². The molecule has 100 valence electrons. The zero-order valence-corrected chi connectivity index (χ0v) is 11.6. The van der Waals surface area contributed by atoms with E-state index in [9.17, 15) is 10.1 Å². The van der Waals surface area contributed by atoms with Gasteiger partial charge in [0.05, 0.1) is 22.4 Å². The first kappa shape index (κ1) is 13.6. The molecule has 1 heterocycles. The fraction of sp³-hybridized carbons (Fsp3) is 0.167. The van der Waals surface area contributed by atoms with E-state index in [4.69, 9.17) is 16.3 Å². The standard InChI is InChI=1S/C12H11ClN2O3S/c1-18-10-5-8(4-9(6-10)15(16)17)14-7-11-2-3-12(13)19-11/h2-6,14H,7H2,1H3. The fourth-order valence-electron chi connectivity index (χ4n) is 1.54. The molecule has 19 heavy (non-hydrogen) atoms. The van der Waals surface area contributed by atoms with Gasteiger partial charge in [-0.25, -0.2) is 0 Å². The lowest BCUT2D eigenvalue weighted by molar-refractivity contribution is -0.384. The predicted molar refractivity (Wildman–Crippen MR) is 76.3 cm³/mol. The molecule has 1 N–H and O–H groups in total. The Morgan fingerprint density at radius 3 is 2.79 bits per heavy atom. The van der Waals surface area contributed by atoms with Crippen LogP contribution in [0.25, 0.3) is 0 Å². The molecule has 7 heteroatoms. The Morgan fingerprint density at radius 2 is 2.21 bits per heavy atom. The van der Waals surface area contributed by atoms with E-state index in [0.29, 0.717) is 22.3 Å². The minimum atomic E-state index is -0.449. The van der Waals surface area contributed by atoms with E-state index in [1.807, 2.05) is 12.1 Å². The third-order valence-electron chi connectivity index (χ3n) is 2.43. The summed E-state index contributed by atoms with van der Waals surface area (Å²) in [5.74, 6) is 0.445. The highest BCUT2D eigenvalue weighted by molar-refractivity contribution is 7.16. The number of nitro benzene ring substituents is 1. The third kappa shape index (κ3) is 3.59. The SMILES string of the molecule is COc1cc(NCc2ccc(Cl)s2)cc([N+](=O)[O-])c1. The summed E-state index contributed by atoms with van der Waals surface area (Å²) in [5, 5.41) is 13.9. The molecule has 0 radical (unpaired) electrons. The Morgan fingerprint density at radius 1 is 1.42 bits per heavy atom. The maximum absolute atomic E-state index is 10.8. The van der Waals surface area contributed by atoms with Crippen LogP contribution in [0, 0.1) is 10.1 Å². The smallest absolute Gasteiger partial charge is 0.275 e. The second-order valence-corrected chi connectivity index (χ2v) is 5.54. The zero-order valence-electron chi connectivity index (χ0n) is 10.1. The fourth-order valence-corrected chi connectivity index (χ4v) is 2.57. The minimum absolute atomic E-state index is 0.00828. The molecule has 0 bridgehead atoms. The largest absolute Gasteiger partial charge is 0.496 e. The Balaban J connectivity index is 2.15. The van der Waals surface area contributed by atoms with E-state index in [1.165, 1.54) is 30.6 Å². The van der Waals surface area contributed by atoms with Crippen molar-refractivity contribution in [2.24, 2.45) is 0 Å². The molecule has 0 saturated heterocycles. The van der Waals surface area contributed by atoms with Gasteiger partial charge in [0.25, 0.3) is 5.69 Å². The lowest BCUT2D eigenvalue weighted by atomic mass is 10.2. The molecule has 0 atom stereocenters. The van der Waals surface area contributed by atoms with E-state index < -0.39 is 4.92 Å². The van der Waals surface area contributed by atoms with E-state index in [0.717, 1.165) is 4.88 Å². The number of thiophene rings is 1. The molecule has 0 spiro atoms. The average molecular weight is 299 g/mol. The summed E-state index contributed by atoms with van der Waals surface area (Å²) in [4.78, 5) is 11.4. The maximum atomic E-state index is 10.8. The molecular weight excluding hydrogens is 288 g/mol. The quantitative estimate of drug-likeness (QED) is 0.671. The highest BCUT2D eigenvalue weighted by atomic mass is 35.5. The van der Waals surface area contributed by atoms with Crippen LogP contribution in [-0.2, 0) is 6.54 Å². The Kier molecular flexibility index (Phi) is 4.24. The number of hydrogen-bond acceptors (Lipinski definition) is 5. The highest BCUT2D eigenvalue weighted by Gasteiger charge is 2.10. The van der Waals surface area contributed by atoms with Crippen molar-refractivity contribution >= 4 is 34.3 Å². The van der Waals surface area contributed by atoms with Crippen LogP contribution in [0.3, 0.4) is 0 Å². The van der Waals surface area contributed by atoms with Crippen molar-refractivity contribution in [3.8, 4) is 5.75 Å². The number of halogens is 1. The number of anilines is 1. The second kappa shape index (κ2) is 5.90. The molecule has 2 aromatic rings. The number of rotatable bonds is 5. The Labute approximate surface area is 118 Å². The molecule has 0 aliphatic heterocycles. The van der Waals surface area contributed by atoms with E-state index in [1.54, 1.807) is 6.07 Å². The summed E-state index contributed by atoms with van der Waals surface area (Å²) in [5.41, 5.74) is 0.627. The third-order valence-corrected chi connectivity index (χ3v) is 3.66. The van der Waals surface area contributed by atoms with Gasteiger partial charge in [-0.15, -0.1) is 11.3 Å². The van der Waals surface area contributed by atoms with Gasteiger partial charge < -0.3 is 10.1 Å². The number of nitro groups is 1. The highest BCUT2D eigenvalue weighted by Crippen LogP contribution is 2.27. The molecule has 1 aromatic heterocycles. The van der Waals surface area contributed by atoms with Crippen molar-refractivity contribution in [2.45, 2.75) is 6.54 Å². The number of nitrogens with one attached hydrogen (secondary N) is 1. The number of non-ortho nitro benzene ring substituents is 1. The van der Waals surface area contributed by atoms with Crippen LogP contribution in [0.15, 0.2) is 30.3 Å². The van der Waals surface area contributed by atoms with Crippen LogP contribution in [-0.4, -0.2) is 12.0 Å². The van der Waals surface area contributed by atoms with Gasteiger partial charge in [-0.1, -0.05) is 11.6 Å². The maximum Gasteiger partial charge on any atom is 0.275 e. The first-order chi connectivity index (χ1) is 9.08. The van der Waals surface area contributed by atoms with Crippen LogP contribution in [0.2, 0.25) is 4.34 Å². The summed E-state index contributed by atoms with van der Waals surface area (Å²) in [6, 6.07) is 8.29. The topological polar surface area (TPSA) is 64.4 Å². The summed E-state index contributed by atoms with van der Waals surface area (Å²) in [6.45, 7) is 0.557.